The molecular weight excluding hydrogens is 295 g/mol. The lowest BCUT2D eigenvalue weighted by Gasteiger charge is -2.55. The zero-order valence-electron chi connectivity index (χ0n) is 13.4. The van der Waals surface area contributed by atoms with Crippen LogP contribution in [0.3, 0.4) is 0 Å². The number of hydrazone groups is 1. The molecule has 5 heteroatoms. The Kier molecular flexibility index (Phi) is 4.20. The molecule has 1 saturated carbocycles. The van der Waals surface area contributed by atoms with Crippen molar-refractivity contribution in [1.29, 1.82) is 0 Å². The highest BCUT2D eigenvalue weighted by atomic mass is 19.1. The minimum absolute atomic E-state index is 0.0591. The number of ether oxygens (including phenoxy) is 1. The van der Waals surface area contributed by atoms with Crippen molar-refractivity contribution in [3.8, 4) is 5.75 Å². The SMILES string of the molecule is CC1(C)C2CC=C(/C=N/NC(=O)COc3ccccc3F)C1C2. The minimum Gasteiger partial charge on any atom is -0.481 e. The van der Waals surface area contributed by atoms with Crippen LogP contribution in [0.5, 0.6) is 5.75 Å². The van der Waals surface area contributed by atoms with Gasteiger partial charge in [0.15, 0.2) is 18.2 Å². The lowest BCUT2D eigenvalue weighted by atomic mass is 9.49. The largest absolute Gasteiger partial charge is 0.481 e. The normalized spacial score (nSPS) is 24.7. The quantitative estimate of drug-likeness (QED) is 0.669. The molecule has 0 radical (unpaired) electrons. The highest BCUT2D eigenvalue weighted by Gasteiger charge is 2.50. The molecule has 0 aliphatic heterocycles. The van der Waals surface area contributed by atoms with E-state index in [-0.39, 0.29) is 12.4 Å². The van der Waals surface area contributed by atoms with Gasteiger partial charge in [-0.15, -0.1) is 0 Å². The molecule has 0 saturated heterocycles. The number of hydrogen-bond donors (Lipinski definition) is 1. The second-order valence-corrected chi connectivity index (χ2v) is 6.76. The third kappa shape index (κ3) is 3.14. The lowest BCUT2D eigenvalue weighted by molar-refractivity contribution is -0.123. The molecule has 2 unspecified atom stereocenters. The monoisotopic (exact) mass is 316 g/mol. The maximum absolute atomic E-state index is 13.4. The molecule has 1 fully saturated rings. The third-order valence-corrected chi connectivity index (χ3v) is 5.11. The van der Waals surface area contributed by atoms with Crippen LogP contribution in [0.2, 0.25) is 0 Å². The molecule has 3 aliphatic carbocycles. The van der Waals surface area contributed by atoms with E-state index in [1.54, 1.807) is 18.3 Å². The second kappa shape index (κ2) is 6.14. The van der Waals surface area contributed by atoms with Gasteiger partial charge in [-0.25, -0.2) is 9.82 Å². The van der Waals surface area contributed by atoms with Crippen molar-refractivity contribution in [2.24, 2.45) is 22.4 Å². The van der Waals surface area contributed by atoms with Crippen LogP contribution in [0, 0.1) is 23.1 Å². The van der Waals surface area contributed by atoms with Crippen molar-refractivity contribution >= 4 is 12.1 Å². The van der Waals surface area contributed by atoms with E-state index < -0.39 is 11.7 Å². The van der Waals surface area contributed by atoms with E-state index in [2.05, 4.69) is 30.5 Å². The van der Waals surface area contributed by atoms with E-state index in [4.69, 9.17) is 4.74 Å². The van der Waals surface area contributed by atoms with Crippen LogP contribution in [-0.4, -0.2) is 18.7 Å². The molecule has 4 nitrogen and oxygen atoms in total. The molecule has 0 heterocycles. The third-order valence-electron chi connectivity index (χ3n) is 5.11. The van der Waals surface area contributed by atoms with Gasteiger partial charge in [-0.3, -0.25) is 4.79 Å². The van der Waals surface area contributed by atoms with Crippen LogP contribution >= 0.6 is 0 Å². The maximum Gasteiger partial charge on any atom is 0.277 e. The first-order valence-corrected chi connectivity index (χ1v) is 7.87. The van der Waals surface area contributed by atoms with Gasteiger partial charge in [0, 0.05) is 0 Å². The van der Waals surface area contributed by atoms with Crippen LogP contribution in [0.1, 0.15) is 26.7 Å². The molecule has 4 rings (SSSR count). The summed E-state index contributed by atoms with van der Waals surface area (Å²) in [4.78, 5) is 11.7. The molecule has 1 aromatic rings. The summed E-state index contributed by atoms with van der Waals surface area (Å²) in [6.07, 6.45) is 6.21. The summed E-state index contributed by atoms with van der Waals surface area (Å²) in [6.45, 7) is 4.30. The summed E-state index contributed by atoms with van der Waals surface area (Å²) < 4.78 is 18.5. The average Bonchev–Trinajstić information content (AvgIpc) is 2.54. The van der Waals surface area contributed by atoms with Crippen molar-refractivity contribution in [2.75, 3.05) is 6.61 Å². The molecule has 0 aromatic heterocycles. The second-order valence-electron chi connectivity index (χ2n) is 6.76. The number of hydrogen-bond acceptors (Lipinski definition) is 3. The zero-order chi connectivity index (χ0) is 16.4. The van der Waals surface area contributed by atoms with E-state index in [1.807, 2.05) is 0 Å². The van der Waals surface area contributed by atoms with Gasteiger partial charge in [-0.1, -0.05) is 32.1 Å². The molecule has 3 aliphatic rings. The molecular formula is C18H21FN2O2. The highest BCUT2D eigenvalue weighted by Crippen LogP contribution is 2.58. The van der Waals surface area contributed by atoms with Gasteiger partial charge in [-0.05, 0) is 47.8 Å². The Morgan fingerprint density at radius 2 is 2.26 bits per heavy atom. The molecule has 2 atom stereocenters. The number of halogens is 1. The average molecular weight is 316 g/mol. The van der Waals surface area contributed by atoms with Crippen LogP contribution in [0.15, 0.2) is 41.0 Å². The number of para-hydroxylation sites is 1. The Morgan fingerprint density at radius 1 is 1.48 bits per heavy atom. The number of carbonyl (C=O) groups excluding carboxylic acids is 1. The van der Waals surface area contributed by atoms with Crippen molar-refractivity contribution in [3.05, 3.63) is 41.7 Å². The van der Waals surface area contributed by atoms with Crippen molar-refractivity contribution < 1.29 is 13.9 Å². The molecule has 1 N–H and O–H groups in total. The number of allylic oxidation sites excluding steroid dienone is 2. The summed E-state index contributed by atoms with van der Waals surface area (Å²) in [6, 6.07) is 5.98. The van der Waals surface area contributed by atoms with E-state index in [9.17, 15) is 9.18 Å². The van der Waals surface area contributed by atoms with Crippen molar-refractivity contribution in [3.63, 3.8) is 0 Å². The number of nitrogens with zero attached hydrogens (tertiary/aromatic N) is 1. The van der Waals surface area contributed by atoms with Gasteiger partial charge in [0.2, 0.25) is 0 Å². The van der Waals surface area contributed by atoms with Crippen molar-refractivity contribution in [1.82, 2.24) is 5.43 Å². The number of carbonyl (C=O) groups is 1. The summed E-state index contributed by atoms with van der Waals surface area (Å²) in [5.41, 5.74) is 3.94. The van der Waals surface area contributed by atoms with Crippen molar-refractivity contribution in [2.45, 2.75) is 26.7 Å². The first-order chi connectivity index (χ1) is 11.0. The van der Waals surface area contributed by atoms with Crippen LogP contribution in [0.4, 0.5) is 4.39 Å². The van der Waals surface area contributed by atoms with Gasteiger partial charge in [0.05, 0.1) is 6.21 Å². The summed E-state index contributed by atoms with van der Waals surface area (Å²) in [5.74, 6) is 0.457. The topological polar surface area (TPSA) is 50.7 Å². The first kappa shape index (κ1) is 15.7. The van der Waals surface area contributed by atoms with Gasteiger partial charge in [0.1, 0.15) is 0 Å². The Morgan fingerprint density at radius 3 is 2.96 bits per heavy atom. The van der Waals surface area contributed by atoms with Crippen LogP contribution in [0.25, 0.3) is 0 Å². The molecule has 122 valence electrons. The molecule has 0 spiro atoms. The van der Waals surface area contributed by atoms with E-state index >= 15 is 0 Å². The van der Waals surface area contributed by atoms with Gasteiger partial charge < -0.3 is 4.74 Å². The van der Waals surface area contributed by atoms with Crippen LogP contribution < -0.4 is 10.2 Å². The molecule has 1 aromatic carbocycles. The fraction of sp³-hybridized carbons (Fsp3) is 0.444. The smallest absolute Gasteiger partial charge is 0.277 e. The van der Waals surface area contributed by atoms with Gasteiger partial charge >= 0.3 is 0 Å². The number of rotatable bonds is 5. The van der Waals surface area contributed by atoms with Gasteiger partial charge in [-0.2, -0.15) is 5.10 Å². The minimum atomic E-state index is -0.488. The Labute approximate surface area is 135 Å². The standard InChI is InChI=1S/C18H21FN2O2/c1-18(2)13-8-7-12(14(18)9-13)10-20-21-17(22)11-23-16-6-4-3-5-15(16)19/h3-7,10,13-14H,8-9,11H2,1-2H3,(H,21,22)/b20-10+. The first-order valence-electron chi connectivity index (χ1n) is 7.87. The molecule has 2 bridgehead atoms. The predicted molar refractivity (Wildman–Crippen MR) is 86.6 cm³/mol. The predicted octanol–water partition coefficient (Wildman–Crippen LogP) is 3.30. The lowest BCUT2D eigenvalue weighted by Crippen LogP contribution is -2.48. The van der Waals surface area contributed by atoms with Crippen LogP contribution in [-0.2, 0) is 4.79 Å². The zero-order valence-corrected chi connectivity index (χ0v) is 13.4. The molecule has 23 heavy (non-hydrogen) atoms. The number of fused-ring (bicyclic) bond motifs is 1. The van der Waals surface area contributed by atoms with E-state index in [0.29, 0.717) is 11.3 Å². The summed E-state index contributed by atoms with van der Waals surface area (Å²) in [7, 11) is 0. The Hall–Kier alpha value is -2.17. The van der Waals surface area contributed by atoms with E-state index in [0.717, 1.165) is 12.3 Å². The number of benzene rings is 1. The molecule has 1 amide bonds. The Bertz CT molecular complexity index is 667. The maximum atomic E-state index is 13.4. The van der Waals surface area contributed by atoms with Gasteiger partial charge in [0.25, 0.3) is 5.91 Å². The fourth-order valence-electron chi connectivity index (χ4n) is 3.46. The Balaban J connectivity index is 1.48. The number of nitrogens with one attached hydrogen (secondary N) is 1. The highest BCUT2D eigenvalue weighted by molar-refractivity contribution is 5.83. The number of amides is 1. The summed E-state index contributed by atoms with van der Waals surface area (Å²) in [5, 5.41) is 4.00. The van der Waals surface area contributed by atoms with E-state index in [1.165, 1.54) is 24.1 Å². The summed E-state index contributed by atoms with van der Waals surface area (Å²) >= 11 is 0. The fourth-order valence-corrected chi connectivity index (χ4v) is 3.46.